The molecule has 0 radical (unpaired) electrons. The average molecular weight is 427 g/mol. The summed E-state index contributed by atoms with van der Waals surface area (Å²) in [4.78, 5) is 59.9. The van der Waals surface area contributed by atoms with Crippen LogP contribution in [-0.4, -0.2) is 50.4 Å². The molecule has 1 N–H and O–H groups in total. The smallest absolute Gasteiger partial charge is 0.347 e. The summed E-state index contributed by atoms with van der Waals surface area (Å²) in [5.41, 5.74) is -1.23. The number of hydrogen-bond donors (Lipinski definition) is 1. The molecule has 2 saturated heterocycles. The van der Waals surface area contributed by atoms with Crippen LogP contribution in [-0.2, 0) is 28.9 Å². The minimum absolute atomic E-state index is 0.0506. The van der Waals surface area contributed by atoms with E-state index in [2.05, 4.69) is 4.94 Å². The molecule has 1 aromatic rings. The van der Waals surface area contributed by atoms with Crippen molar-refractivity contribution in [3.8, 4) is 5.75 Å². The maximum atomic E-state index is 11.1. The lowest BCUT2D eigenvalue weighted by Crippen LogP contribution is -2.40. The highest BCUT2D eigenvalue weighted by molar-refractivity contribution is 6.30. The van der Waals surface area contributed by atoms with E-state index in [0.717, 1.165) is 0 Å². The van der Waals surface area contributed by atoms with E-state index in [-0.39, 0.29) is 25.7 Å². The molecule has 29 heavy (non-hydrogen) atoms. The maximum Gasteiger partial charge on any atom is 0.347 e. The molecule has 2 fully saturated rings. The summed E-state index contributed by atoms with van der Waals surface area (Å²) in [6, 6.07) is 6.56. The van der Waals surface area contributed by atoms with Crippen LogP contribution in [0.5, 0.6) is 5.75 Å². The van der Waals surface area contributed by atoms with Crippen molar-refractivity contribution in [3.63, 3.8) is 0 Å². The standard InChI is InChI=1S/C10H11ClO3.C8H8N2O5/c1-10(2,9(12)13)14-8-5-3-7(11)4-6-8;11-5-1-2-6(12)9(5)15-10-7(13)3-4-8(10)14/h3-6H,1-2H3,(H,12,13);1-4H2. The van der Waals surface area contributed by atoms with Crippen LogP contribution in [0.25, 0.3) is 0 Å². The fraction of sp³-hybridized carbons (Fsp3) is 0.389. The second-order valence-corrected chi connectivity index (χ2v) is 7.05. The molecule has 3 rings (SSSR count). The molecule has 4 amide bonds. The Balaban J connectivity index is 0.000000208. The summed E-state index contributed by atoms with van der Waals surface area (Å²) >= 11 is 5.67. The van der Waals surface area contributed by atoms with Crippen LogP contribution in [0.4, 0.5) is 0 Å². The lowest BCUT2D eigenvalue weighted by Gasteiger charge is -2.21. The highest BCUT2D eigenvalue weighted by Gasteiger charge is 2.38. The van der Waals surface area contributed by atoms with Gasteiger partial charge in [0.15, 0.2) is 5.60 Å². The number of imide groups is 2. The van der Waals surface area contributed by atoms with Gasteiger partial charge in [-0.3, -0.25) is 19.2 Å². The van der Waals surface area contributed by atoms with Gasteiger partial charge in [0.1, 0.15) is 5.75 Å². The van der Waals surface area contributed by atoms with Crippen LogP contribution < -0.4 is 4.74 Å². The minimum Gasteiger partial charge on any atom is -0.478 e. The Morgan fingerprint density at radius 2 is 1.28 bits per heavy atom. The molecule has 0 spiro atoms. The molecule has 0 atom stereocenters. The first-order valence-corrected chi connectivity index (χ1v) is 8.96. The van der Waals surface area contributed by atoms with Crippen molar-refractivity contribution in [2.45, 2.75) is 45.1 Å². The summed E-state index contributed by atoms with van der Waals surface area (Å²) in [5, 5.41) is 10.3. The Bertz CT molecular complexity index is 771. The van der Waals surface area contributed by atoms with E-state index >= 15 is 0 Å². The molecular formula is C18H19ClN2O8. The average Bonchev–Trinajstić information content (AvgIpc) is 3.14. The van der Waals surface area contributed by atoms with Gasteiger partial charge in [-0.25, -0.2) is 4.79 Å². The fourth-order valence-electron chi connectivity index (χ4n) is 2.22. The van der Waals surface area contributed by atoms with Crippen molar-refractivity contribution < 1.29 is 38.8 Å². The topological polar surface area (TPSA) is 131 Å². The molecule has 0 unspecified atom stereocenters. The quantitative estimate of drug-likeness (QED) is 0.704. The summed E-state index contributed by atoms with van der Waals surface area (Å²) < 4.78 is 5.26. The number of ether oxygens (including phenoxy) is 1. The summed E-state index contributed by atoms with van der Waals surface area (Å²) in [6.07, 6.45) is 0.203. The minimum atomic E-state index is -1.23. The molecule has 11 heteroatoms. The van der Waals surface area contributed by atoms with Crippen LogP contribution in [0.2, 0.25) is 5.02 Å². The molecule has 1 aromatic carbocycles. The SMILES string of the molecule is CC(C)(Oc1ccc(Cl)cc1)C(=O)O.O=C1CCC(=O)N1ON1C(=O)CCC1=O. The largest absolute Gasteiger partial charge is 0.478 e. The van der Waals surface area contributed by atoms with E-state index in [1.165, 1.54) is 13.8 Å². The number of hydroxylamine groups is 4. The lowest BCUT2D eigenvalue weighted by molar-refractivity contribution is -0.268. The number of amides is 4. The fourth-order valence-corrected chi connectivity index (χ4v) is 2.34. The van der Waals surface area contributed by atoms with Gasteiger partial charge >= 0.3 is 5.97 Å². The summed E-state index contributed by atoms with van der Waals surface area (Å²) in [6.45, 7) is 2.98. The van der Waals surface area contributed by atoms with Gasteiger partial charge in [-0.2, -0.15) is 0 Å². The number of carbonyl (C=O) groups is 5. The Hall–Kier alpha value is -2.98. The first-order valence-electron chi connectivity index (χ1n) is 8.59. The zero-order valence-electron chi connectivity index (χ0n) is 15.7. The maximum absolute atomic E-state index is 11.1. The van der Waals surface area contributed by atoms with Crippen molar-refractivity contribution in [2.24, 2.45) is 0 Å². The normalized spacial score (nSPS) is 16.8. The summed E-state index contributed by atoms with van der Waals surface area (Å²) in [7, 11) is 0. The third kappa shape index (κ3) is 5.75. The highest BCUT2D eigenvalue weighted by Crippen LogP contribution is 2.21. The lowest BCUT2D eigenvalue weighted by atomic mass is 10.1. The van der Waals surface area contributed by atoms with Crippen molar-refractivity contribution in [3.05, 3.63) is 29.3 Å². The van der Waals surface area contributed by atoms with Crippen LogP contribution in [0.1, 0.15) is 39.5 Å². The van der Waals surface area contributed by atoms with Crippen molar-refractivity contribution in [2.75, 3.05) is 0 Å². The van der Waals surface area contributed by atoms with E-state index < -0.39 is 35.2 Å². The number of aliphatic carboxylic acids is 1. The number of rotatable bonds is 5. The number of nitrogens with zero attached hydrogens (tertiary/aromatic N) is 2. The van der Waals surface area contributed by atoms with E-state index in [1.807, 2.05) is 0 Å². The van der Waals surface area contributed by atoms with Gasteiger partial charge in [0.05, 0.1) is 0 Å². The molecule has 0 aliphatic carbocycles. The van der Waals surface area contributed by atoms with Crippen molar-refractivity contribution >= 4 is 41.2 Å². The molecule has 0 aromatic heterocycles. The molecule has 2 heterocycles. The van der Waals surface area contributed by atoms with E-state index in [1.54, 1.807) is 24.3 Å². The van der Waals surface area contributed by atoms with Gasteiger partial charge in [-0.15, -0.1) is 15.1 Å². The molecule has 2 aliphatic heterocycles. The predicted octanol–water partition coefficient (Wildman–Crippen LogP) is 1.71. The molecule has 0 saturated carbocycles. The van der Waals surface area contributed by atoms with Gasteiger partial charge in [-0.1, -0.05) is 11.6 Å². The molecule has 10 nitrogen and oxygen atoms in total. The van der Waals surface area contributed by atoms with Gasteiger partial charge in [0.2, 0.25) is 0 Å². The van der Waals surface area contributed by atoms with Gasteiger partial charge < -0.3 is 9.84 Å². The van der Waals surface area contributed by atoms with E-state index in [9.17, 15) is 24.0 Å². The van der Waals surface area contributed by atoms with E-state index in [0.29, 0.717) is 20.9 Å². The number of carbonyl (C=O) groups excluding carboxylic acids is 4. The summed E-state index contributed by atoms with van der Waals surface area (Å²) in [5.74, 6) is -2.66. The number of hydrogen-bond acceptors (Lipinski definition) is 7. The Morgan fingerprint density at radius 1 is 0.897 bits per heavy atom. The first-order chi connectivity index (χ1) is 13.5. The van der Waals surface area contributed by atoms with E-state index in [4.69, 9.17) is 21.4 Å². The van der Waals surface area contributed by atoms with Crippen LogP contribution in [0.15, 0.2) is 24.3 Å². The molecule has 2 aliphatic rings. The zero-order valence-corrected chi connectivity index (χ0v) is 16.5. The monoisotopic (exact) mass is 426 g/mol. The predicted molar refractivity (Wildman–Crippen MR) is 97.1 cm³/mol. The van der Waals surface area contributed by atoms with Crippen LogP contribution in [0, 0.1) is 0 Å². The van der Waals surface area contributed by atoms with Crippen molar-refractivity contribution in [1.29, 1.82) is 0 Å². The van der Waals surface area contributed by atoms with Crippen LogP contribution >= 0.6 is 11.6 Å². The van der Waals surface area contributed by atoms with Crippen molar-refractivity contribution in [1.82, 2.24) is 10.1 Å². The number of benzene rings is 1. The second kappa shape index (κ2) is 9.01. The highest BCUT2D eigenvalue weighted by atomic mass is 35.5. The first kappa shape index (κ1) is 22.3. The third-order valence-corrected chi connectivity index (χ3v) is 4.13. The number of carboxylic acid groups (broad SMARTS) is 1. The molecule has 0 bridgehead atoms. The number of halogens is 1. The Kier molecular flexibility index (Phi) is 6.93. The molecular weight excluding hydrogens is 408 g/mol. The Labute approximate surface area is 170 Å². The zero-order chi connectivity index (χ0) is 21.8. The van der Waals surface area contributed by atoms with Gasteiger partial charge in [0, 0.05) is 30.7 Å². The Morgan fingerprint density at radius 3 is 1.62 bits per heavy atom. The van der Waals surface area contributed by atoms with Gasteiger partial charge in [0.25, 0.3) is 23.6 Å². The third-order valence-electron chi connectivity index (χ3n) is 3.88. The van der Waals surface area contributed by atoms with Gasteiger partial charge in [-0.05, 0) is 38.1 Å². The van der Waals surface area contributed by atoms with Crippen LogP contribution in [0.3, 0.4) is 0 Å². The molecule has 156 valence electrons. The second-order valence-electron chi connectivity index (χ2n) is 6.62. The number of carboxylic acids is 1.